The van der Waals surface area contributed by atoms with Crippen LogP contribution in [0.25, 0.3) is 0 Å². The molecule has 1 N–H and O–H groups in total. The van der Waals surface area contributed by atoms with Gasteiger partial charge in [0.05, 0.1) is 16.0 Å². The van der Waals surface area contributed by atoms with Gasteiger partial charge in [-0.3, -0.25) is 4.79 Å². The SMILES string of the molecule is C[C@H](Sc1ccc2c(c1)CCC2)C(=O)Nc1ccc(F)cc1Cl. The first-order valence-corrected chi connectivity index (χ1v) is 8.83. The second kappa shape index (κ2) is 6.93. The van der Waals surface area contributed by atoms with E-state index in [2.05, 4.69) is 23.5 Å². The summed E-state index contributed by atoms with van der Waals surface area (Å²) in [4.78, 5) is 13.4. The Kier molecular flexibility index (Phi) is 4.93. The monoisotopic (exact) mass is 349 g/mol. The van der Waals surface area contributed by atoms with E-state index in [4.69, 9.17) is 11.6 Å². The van der Waals surface area contributed by atoms with Crippen molar-refractivity contribution in [3.8, 4) is 0 Å². The summed E-state index contributed by atoms with van der Waals surface area (Å²) >= 11 is 7.46. The summed E-state index contributed by atoms with van der Waals surface area (Å²) in [6.07, 6.45) is 3.48. The summed E-state index contributed by atoms with van der Waals surface area (Å²) < 4.78 is 13.0. The van der Waals surface area contributed by atoms with E-state index in [1.54, 1.807) is 0 Å². The van der Waals surface area contributed by atoms with Gasteiger partial charge in [-0.15, -0.1) is 11.8 Å². The van der Waals surface area contributed by atoms with Crippen LogP contribution in [0.3, 0.4) is 0 Å². The highest BCUT2D eigenvalue weighted by Gasteiger charge is 2.17. The number of thioether (sulfide) groups is 1. The molecule has 0 saturated carbocycles. The number of halogens is 2. The molecule has 1 amide bonds. The molecule has 0 radical (unpaired) electrons. The van der Waals surface area contributed by atoms with Gasteiger partial charge in [0, 0.05) is 4.90 Å². The molecule has 1 aliphatic rings. The van der Waals surface area contributed by atoms with Crippen molar-refractivity contribution in [2.75, 3.05) is 5.32 Å². The van der Waals surface area contributed by atoms with Crippen molar-refractivity contribution in [3.63, 3.8) is 0 Å². The number of carbonyl (C=O) groups excluding carboxylic acids is 1. The Morgan fingerprint density at radius 2 is 2.00 bits per heavy atom. The van der Waals surface area contributed by atoms with E-state index in [-0.39, 0.29) is 16.2 Å². The predicted octanol–water partition coefficient (Wildman–Crippen LogP) is 5.09. The Balaban J connectivity index is 1.65. The van der Waals surface area contributed by atoms with Crippen molar-refractivity contribution >= 4 is 35.0 Å². The number of benzene rings is 2. The summed E-state index contributed by atoms with van der Waals surface area (Å²) in [7, 11) is 0. The van der Waals surface area contributed by atoms with Gasteiger partial charge in [-0.2, -0.15) is 0 Å². The molecule has 0 aromatic heterocycles. The third-order valence-corrected chi connectivity index (χ3v) is 5.35. The lowest BCUT2D eigenvalue weighted by Gasteiger charge is -2.13. The molecule has 1 atom stereocenters. The molecule has 3 rings (SSSR count). The molecule has 5 heteroatoms. The molecule has 0 bridgehead atoms. The summed E-state index contributed by atoms with van der Waals surface area (Å²) in [6, 6.07) is 10.4. The van der Waals surface area contributed by atoms with E-state index in [1.807, 2.05) is 6.92 Å². The number of hydrogen-bond donors (Lipinski definition) is 1. The fourth-order valence-electron chi connectivity index (χ4n) is 2.70. The second-order valence-electron chi connectivity index (χ2n) is 5.66. The second-order valence-corrected chi connectivity index (χ2v) is 7.48. The van der Waals surface area contributed by atoms with Gasteiger partial charge in [0.1, 0.15) is 5.82 Å². The zero-order chi connectivity index (χ0) is 16.4. The quantitative estimate of drug-likeness (QED) is 0.779. The largest absolute Gasteiger partial charge is 0.324 e. The standard InChI is InChI=1S/C18H17ClFNOS/c1-11(18(22)21-17-8-6-14(20)10-16(17)19)23-15-7-5-12-3-2-4-13(12)9-15/h5-11H,2-4H2,1H3,(H,21,22)/t11-/m0/s1. The van der Waals surface area contributed by atoms with Crippen LogP contribution in [0.1, 0.15) is 24.5 Å². The molecular weight excluding hydrogens is 333 g/mol. The van der Waals surface area contributed by atoms with Crippen LogP contribution in [0.15, 0.2) is 41.3 Å². The van der Waals surface area contributed by atoms with E-state index in [1.165, 1.54) is 47.5 Å². The van der Waals surface area contributed by atoms with Crippen LogP contribution in [0.5, 0.6) is 0 Å². The molecule has 0 fully saturated rings. The summed E-state index contributed by atoms with van der Waals surface area (Å²) in [5, 5.41) is 2.69. The molecule has 0 unspecified atom stereocenters. The maximum atomic E-state index is 13.0. The van der Waals surface area contributed by atoms with E-state index in [9.17, 15) is 9.18 Å². The normalized spacial score (nSPS) is 14.4. The van der Waals surface area contributed by atoms with E-state index < -0.39 is 5.82 Å². The third-order valence-electron chi connectivity index (χ3n) is 3.94. The van der Waals surface area contributed by atoms with Gasteiger partial charge < -0.3 is 5.32 Å². The van der Waals surface area contributed by atoms with E-state index in [0.717, 1.165) is 17.7 Å². The number of rotatable bonds is 4. The molecule has 0 saturated heterocycles. The lowest BCUT2D eigenvalue weighted by molar-refractivity contribution is -0.115. The molecule has 0 aliphatic heterocycles. The first-order valence-electron chi connectivity index (χ1n) is 7.57. The van der Waals surface area contributed by atoms with Crippen molar-refractivity contribution in [1.82, 2.24) is 0 Å². The number of hydrogen-bond acceptors (Lipinski definition) is 2. The average Bonchev–Trinajstić information content (AvgIpc) is 2.97. The van der Waals surface area contributed by atoms with Crippen LogP contribution in [-0.4, -0.2) is 11.2 Å². The Bertz CT molecular complexity index is 750. The average molecular weight is 350 g/mol. The lowest BCUT2D eigenvalue weighted by Crippen LogP contribution is -2.22. The predicted molar refractivity (Wildman–Crippen MR) is 93.8 cm³/mol. The molecule has 2 nitrogen and oxygen atoms in total. The minimum Gasteiger partial charge on any atom is -0.324 e. The van der Waals surface area contributed by atoms with Crippen molar-refractivity contribution in [1.29, 1.82) is 0 Å². The maximum Gasteiger partial charge on any atom is 0.237 e. The summed E-state index contributed by atoms with van der Waals surface area (Å²) in [5.74, 6) is -0.572. The molecule has 23 heavy (non-hydrogen) atoms. The van der Waals surface area contributed by atoms with Gasteiger partial charge in [-0.25, -0.2) is 4.39 Å². The molecular formula is C18H17ClFNOS. The van der Waals surface area contributed by atoms with Gasteiger partial charge in [0.25, 0.3) is 0 Å². The first kappa shape index (κ1) is 16.3. The number of nitrogens with one attached hydrogen (secondary N) is 1. The Morgan fingerprint density at radius 1 is 1.22 bits per heavy atom. The molecule has 2 aromatic rings. The fraction of sp³-hybridized carbons (Fsp3) is 0.278. The zero-order valence-corrected chi connectivity index (χ0v) is 14.3. The van der Waals surface area contributed by atoms with Crippen LogP contribution in [0, 0.1) is 5.82 Å². The number of aryl methyl sites for hydroxylation is 2. The van der Waals surface area contributed by atoms with E-state index >= 15 is 0 Å². The van der Waals surface area contributed by atoms with E-state index in [0.29, 0.717) is 5.69 Å². The Labute approximate surface area is 144 Å². The highest BCUT2D eigenvalue weighted by molar-refractivity contribution is 8.00. The smallest absolute Gasteiger partial charge is 0.237 e. The number of amides is 1. The van der Waals surface area contributed by atoms with Gasteiger partial charge in [-0.1, -0.05) is 17.7 Å². The van der Waals surface area contributed by atoms with Crippen LogP contribution >= 0.6 is 23.4 Å². The van der Waals surface area contributed by atoms with Gasteiger partial charge in [0.15, 0.2) is 0 Å². The topological polar surface area (TPSA) is 29.1 Å². The van der Waals surface area contributed by atoms with Crippen molar-refractivity contribution in [2.45, 2.75) is 36.3 Å². The Hall–Kier alpha value is -1.52. The summed E-state index contributed by atoms with van der Waals surface area (Å²) in [5.41, 5.74) is 3.24. The minimum atomic E-state index is -0.423. The third kappa shape index (κ3) is 3.88. The molecule has 0 heterocycles. The molecule has 0 spiro atoms. The van der Waals surface area contributed by atoms with Crippen LogP contribution < -0.4 is 5.32 Å². The fourth-order valence-corrected chi connectivity index (χ4v) is 3.85. The van der Waals surface area contributed by atoms with Crippen LogP contribution in [0.2, 0.25) is 5.02 Å². The van der Waals surface area contributed by atoms with Gasteiger partial charge in [0.2, 0.25) is 5.91 Å². The number of fused-ring (bicyclic) bond motifs is 1. The number of anilines is 1. The van der Waals surface area contributed by atoms with Crippen molar-refractivity contribution < 1.29 is 9.18 Å². The summed E-state index contributed by atoms with van der Waals surface area (Å²) in [6.45, 7) is 1.85. The highest BCUT2D eigenvalue weighted by atomic mass is 35.5. The van der Waals surface area contributed by atoms with Crippen molar-refractivity contribution in [3.05, 3.63) is 58.4 Å². The van der Waals surface area contributed by atoms with Crippen molar-refractivity contribution in [2.24, 2.45) is 0 Å². The molecule has 120 valence electrons. The molecule has 1 aliphatic carbocycles. The Morgan fingerprint density at radius 3 is 2.78 bits per heavy atom. The van der Waals surface area contributed by atoms with Crippen LogP contribution in [-0.2, 0) is 17.6 Å². The minimum absolute atomic E-state index is 0.149. The van der Waals surface area contributed by atoms with Gasteiger partial charge in [-0.05, 0) is 67.6 Å². The number of carbonyl (C=O) groups is 1. The van der Waals surface area contributed by atoms with Gasteiger partial charge >= 0.3 is 0 Å². The highest BCUT2D eigenvalue weighted by Crippen LogP contribution is 2.30. The van der Waals surface area contributed by atoms with Crippen LogP contribution in [0.4, 0.5) is 10.1 Å². The molecule has 2 aromatic carbocycles. The lowest BCUT2D eigenvalue weighted by atomic mass is 10.1. The zero-order valence-electron chi connectivity index (χ0n) is 12.7. The first-order chi connectivity index (χ1) is 11.0. The maximum absolute atomic E-state index is 13.0.